The number of rotatable bonds is 3. The third-order valence-electron chi connectivity index (χ3n) is 6.84. The van der Waals surface area contributed by atoms with E-state index in [1.807, 2.05) is 12.1 Å². The fourth-order valence-corrected chi connectivity index (χ4v) is 6.92. The fourth-order valence-electron chi connectivity index (χ4n) is 6.92. The van der Waals surface area contributed by atoms with Crippen molar-refractivity contribution >= 4 is 5.91 Å². The van der Waals surface area contributed by atoms with Crippen molar-refractivity contribution in [2.24, 2.45) is 16.7 Å². The molecule has 2 heteroatoms. The van der Waals surface area contributed by atoms with Crippen molar-refractivity contribution < 1.29 is 4.79 Å². The highest BCUT2D eigenvalue weighted by molar-refractivity contribution is 5.94. The van der Waals surface area contributed by atoms with E-state index < -0.39 is 0 Å². The Labute approximate surface area is 146 Å². The average Bonchev–Trinajstić information content (AvgIpc) is 2.42. The second-order valence-electron chi connectivity index (χ2n) is 10.1. The van der Waals surface area contributed by atoms with Crippen LogP contribution in [0.1, 0.15) is 88.1 Å². The van der Waals surface area contributed by atoms with Crippen molar-refractivity contribution in [1.82, 2.24) is 5.32 Å². The van der Waals surface area contributed by atoms with Gasteiger partial charge in [-0.1, -0.05) is 39.8 Å². The van der Waals surface area contributed by atoms with E-state index in [9.17, 15) is 4.79 Å². The summed E-state index contributed by atoms with van der Waals surface area (Å²) >= 11 is 0. The Hall–Kier alpha value is -1.31. The van der Waals surface area contributed by atoms with Crippen LogP contribution in [0.4, 0.5) is 0 Å². The molecule has 0 aromatic heterocycles. The Morgan fingerprint density at radius 3 is 2.08 bits per heavy atom. The first-order chi connectivity index (χ1) is 11.2. The molecule has 4 saturated carbocycles. The molecular formula is C22H31NO. The first-order valence-electron chi connectivity index (χ1n) is 9.63. The molecule has 1 aromatic rings. The van der Waals surface area contributed by atoms with Crippen LogP contribution < -0.4 is 5.32 Å². The van der Waals surface area contributed by atoms with Crippen LogP contribution in [0.3, 0.4) is 0 Å². The number of nitrogens with one attached hydrogen (secondary N) is 1. The minimum absolute atomic E-state index is 0.0384. The number of carbonyl (C=O) groups excluding carboxylic acids is 1. The van der Waals surface area contributed by atoms with Gasteiger partial charge in [0.25, 0.3) is 5.91 Å². The maximum Gasteiger partial charge on any atom is 0.251 e. The van der Waals surface area contributed by atoms with Crippen molar-refractivity contribution in [2.45, 2.75) is 77.7 Å². The molecule has 0 aliphatic heterocycles. The summed E-state index contributed by atoms with van der Waals surface area (Å²) in [5.41, 5.74) is 3.01. The van der Waals surface area contributed by atoms with Crippen molar-refractivity contribution in [3.8, 4) is 0 Å². The molecule has 0 spiro atoms. The molecule has 2 nitrogen and oxygen atoms in total. The summed E-state index contributed by atoms with van der Waals surface area (Å²) in [5, 5.41) is 3.50. The van der Waals surface area contributed by atoms with Crippen LogP contribution in [0.15, 0.2) is 24.3 Å². The van der Waals surface area contributed by atoms with Gasteiger partial charge in [0, 0.05) is 11.1 Å². The Bertz CT molecular complexity index is 641. The molecule has 0 radical (unpaired) electrons. The lowest BCUT2D eigenvalue weighted by Gasteiger charge is -2.65. The topological polar surface area (TPSA) is 29.1 Å². The highest BCUT2D eigenvalue weighted by Crippen LogP contribution is 2.66. The van der Waals surface area contributed by atoms with Crippen LogP contribution in [0, 0.1) is 16.7 Å². The van der Waals surface area contributed by atoms with E-state index in [4.69, 9.17) is 0 Å². The van der Waals surface area contributed by atoms with Crippen molar-refractivity contribution in [2.75, 3.05) is 0 Å². The largest absolute Gasteiger partial charge is 0.347 e. The molecule has 1 amide bonds. The average molecular weight is 325 g/mol. The Kier molecular flexibility index (Phi) is 3.43. The van der Waals surface area contributed by atoms with Gasteiger partial charge in [-0.25, -0.2) is 0 Å². The van der Waals surface area contributed by atoms with Crippen LogP contribution in [0.5, 0.6) is 0 Å². The Morgan fingerprint density at radius 1 is 1.00 bits per heavy atom. The fraction of sp³-hybridized carbons (Fsp3) is 0.682. The van der Waals surface area contributed by atoms with Gasteiger partial charge >= 0.3 is 0 Å². The molecule has 0 heterocycles. The third kappa shape index (κ3) is 2.68. The van der Waals surface area contributed by atoms with E-state index in [-0.39, 0.29) is 11.4 Å². The molecule has 1 aromatic carbocycles. The van der Waals surface area contributed by atoms with Gasteiger partial charge in [0.15, 0.2) is 0 Å². The first-order valence-corrected chi connectivity index (χ1v) is 9.63. The third-order valence-corrected chi connectivity index (χ3v) is 6.84. The zero-order valence-corrected chi connectivity index (χ0v) is 15.6. The van der Waals surface area contributed by atoms with Gasteiger partial charge < -0.3 is 5.32 Å². The quantitative estimate of drug-likeness (QED) is 0.804. The van der Waals surface area contributed by atoms with Gasteiger partial charge in [-0.3, -0.25) is 4.79 Å². The van der Waals surface area contributed by atoms with Gasteiger partial charge in [-0.05, 0) is 78.9 Å². The van der Waals surface area contributed by atoms with Crippen LogP contribution in [-0.2, 0) is 0 Å². The number of carbonyl (C=O) groups is 1. The van der Waals surface area contributed by atoms with Gasteiger partial charge in [0.1, 0.15) is 0 Å². The summed E-state index contributed by atoms with van der Waals surface area (Å²) in [5.74, 6) is 1.43. The summed E-state index contributed by atoms with van der Waals surface area (Å²) in [7, 11) is 0. The Morgan fingerprint density at radius 2 is 1.58 bits per heavy atom. The number of benzene rings is 1. The molecule has 1 unspecified atom stereocenters. The van der Waals surface area contributed by atoms with Crippen molar-refractivity contribution in [3.05, 3.63) is 35.4 Å². The summed E-state index contributed by atoms with van der Waals surface area (Å²) in [6, 6.07) is 8.19. The molecule has 5 rings (SSSR count). The molecule has 0 saturated heterocycles. The second kappa shape index (κ2) is 5.09. The molecule has 4 bridgehead atoms. The SMILES string of the molecule is CC(C)c1ccc(C(=O)NC23C[C@@H]4C[C@@](C)(C2)C[C@](C)(C4)C3)cc1. The van der Waals surface area contributed by atoms with Crippen LogP contribution >= 0.6 is 0 Å². The number of hydrogen-bond donors (Lipinski definition) is 1. The van der Waals surface area contributed by atoms with Gasteiger partial charge in [0.05, 0.1) is 0 Å². The zero-order chi connectivity index (χ0) is 17.2. The predicted molar refractivity (Wildman–Crippen MR) is 98.1 cm³/mol. The van der Waals surface area contributed by atoms with Gasteiger partial charge in [0.2, 0.25) is 0 Å². The maximum atomic E-state index is 12.9. The zero-order valence-electron chi connectivity index (χ0n) is 15.6. The summed E-state index contributed by atoms with van der Waals surface area (Å²) < 4.78 is 0. The van der Waals surface area contributed by atoms with E-state index >= 15 is 0 Å². The van der Waals surface area contributed by atoms with Gasteiger partial charge in [-0.2, -0.15) is 0 Å². The second-order valence-corrected chi connectivity index (χ2v) is 10.1. The van der Waals surface area contributed by atoms with E-state index in [1.165, 1.54) is 44.1 Å². The van der Waals surface area contributed by atoms with Crippen LogP contribution in [0.25, 0.3) is 0 Å². The van der Waals surface area contributed by atoms with E-state index in [0.29, 0.717) is 16.7 Å². The summed E-state index contributed by atoms with van der Waals surface area (Å²) in [4.78, 5) is 12.9. The predicted octanol–water partition coefficient (Wildman–Crippen LogP) is 5.29. The smallest absolute Gasteiger partial charge is 0.251 e. The highest BCUT2D eigenvalue weighted by Gasteiger charge is 2.60. The van der Waals surface area contributed by atoms with Crippen molar-refractivity contribution in [1.29, 1.82) is 0 Å². The molecule has 1 N–H and O–H groups in total. The van der Waals surface area contributed by atoms with Gasteiger partial charge in [-0.15, -0.1) is 0 Å². The van der Waals surface area contributed by atoms with Crippen LogP contribution in [-0.4, -0.2) is 11.4 Å². The van der Waals surface area contributed by atoms with Crippen molar-refractivity contribution in [3.63, 3.8) is 0 Å². The van der Waals surface area contributed by atoms with E-state index in [1.54, 1.807) is 0 Å². The van der Waals surface area contributed by atoms with Crippen LogP contribution in [0.2, 0.25) is 0 Å². The molecular weight excluding hydrogens is 294 g/mol. The lowest BCUT2D eigenvalue weighted by atomic mass is 9.43. The van der Waals surface area contributed by atoms with E-state index in [0.717, 1.165) is 11.5 Å². The molecule has 4 aliphatic carbocycles. The Balaban J connectivity index is 1.55. The lowest BCUT2D eigenvalue weighted by Crippen LogP contribution is -2.65. The minimum Gasteiger partial charge on any atom is -0.347 e. The highest BCUT2D eigenvalue weighted by atomic mass is 16.1. The molecule has 4 atom stereocenters. The molecule has 24 heavy (non-hydrogen) atoms. The first kappa shape index (κ1) is 16.2. The molecule has 4 aliphatic rings. The van der Waals surface area contributed by atoms with E-state index in [2.05, 4.69) is 45.1 Å². The molecule has 4 fully saturated rings. The lowest BCUT2D eigenvalue weighted by molar-refractivity contribution is -0.114. The maximum absolute atomic E-state index is 12.9. The summed E-state index contributed by atoms with van der Waals surface area (Å²) in [6.45, 7) is 9.28. The molecule has 130 valence electrons. The summed E-state index contributed by atoms with van der Waals surface area (Å²) in [6.07, 6.45) is 7.60. The minimum atomic E-state index is 0.0384. The monoisotopic (exact) mass is 325 g/mol. The number of amides is 1. The standard InChI is InChI=1S/C22H31NO/c1-15(2)17-5-7-18(8-6-17)19(24)23-22-11-16-9-20(3,13-22)12-21(4,10-16)14-22/h5-8,15-16H,9-14H2,1-4H3,(H,23,24)/t16-,20-,21+,22?. The number of hydrogen-bond acceptors (Lipinski definition) is 1. The normalized spacial score (nSPS) is 40.1.